The molecule has 11 nitrogen and oxygen atoms in total. The summed E-state index contributed by atoms with van der Waals surface area (Å²) in [6.07, 6.45) is -0.00553. The number of rotatable bonds is 14. The Morgan fingerprint density at radius 3 is 2.31 bits per heavy atom. The summed E-state index contributed by atoms with van der Waals surface area (Å²) in [5.41, 5.74) is 10.5. The van der Waals surface area contributed by atoms with Crippen molar-refractivity contribution in [1.29, 1.82) is 5.26 Å². The van der Waals surface area contributed by atoms with E-state index in [-0.39, 0.29) is 59.7 Å². The Bertz CT molecular complexity index is 1530. The minimum atomic E-state index is -4.43. The van der Waals surface area contributed by atoms with E-state index in [2.05, 4.69) is 0 Å². The standard InChI is InChI=1S/C22H23F3N4O7PS2/c1-2-14-16-17(24)19(33-7-5-26)20(34-8-6-27)18(25)21(16)38-22(14)39(31,32)29-11-35-37(30)36-13-4-3-12(10-28)15(23)9-13/h3-4,9,29H,2,5-8,11,26-27H2,1H3/q+1. The molecule has 0 aliphatic rings. The molecule has 0 aliphatic carbocycles. The second-order valence-electron chi connectivity index (χ2n) is 7.48. The van der Waals surface area contributed by atoms with Gasteiger partial charge in [0, 0.05) is 29.1 Å². The molecule has 0 bridgehead atoms. The Hall–Kier alpha value is -3.03. The Morgan fingerprint density at radius 2 is 1.74 bits per heavy atom. The summed E-state index contributed by atoms with van der Waals surface area (Å²) in [5, 5.41) is 8.45. The Kier molecular flexibility index (Phi) is 10.4. The topological polar surface area (TPSA) is 176 Å². The van der Waals surface area contributed by atoms with Crippen LogP contribution in [0.5, 0.6) is 17.2 Å². The molecule has 1 unspecified atom stereocenters. The summed E-state index contributed by atoms with van der Waals surface area (Å²) in [7, 11) is -7.40. The van der Waals surface area contributed by atoms with Crippen LogP contribution >= 0.6 is 19.6 Å². The maximum Gasteiger partial charge on any atom is 0.751 e. The number of halogens is 3. The van der Waals surface area contributed by atoms with Crippen LogP contribution in [0.2, 0.25) is 0 Å². The monoisotopic (exact) mass is 607 g/mol. The molecule has 17 heteroatoms. The third-order valence-electron chi connectivity index (χ3n) is 4.98. The highest BCUT2D eigenvalue weighted by molar-refractivity contribution is 7.91. The van der Waals surface area contributed by atoms with E-state index < -0.39 is 58.2 Å². The summed E-state index contributed by atoms with van der Waals surface area (Å²) in [6.45, 7) is 0.368. The zero-order valence-corrected chi connectivity index (χ0v) is 22.9. The highest BCUT2D eigenvalue weighted by Crippen LogP contribution is 2.46. The van der Waals surface area contributed by atoms with Gasteiger partial charge in [-0.2, -0.15) is 9.98 Å². The summed E-state index contributed by atoms with van der Waals surface area (Å²) in [6, 6.07) is 4.69. The van der Waals surface area contributed by atoms with Gasteiger partial charge in [0.2, 0.25) is 11.5 Å². The first-order valence-corrected chi connectivity index (χ1v) is 14.6. The summed E-state index contributed by atoms with van der Waals surface area (Å²) in [5.74, 6) is -4.31. The van der Waals surface area contributed by atoms with Gasteiger partial charge in [-0.1, -0.05) is 11.4 Å². The molecule has 0 saturated carbocycles. The lowest BCUT2D eigenvalue weighted by Gasteiger charge is -2.15. The molecule has 210 valence electrons. The predicted octanol–water partition coefficient (Wildman–Crippen LogP) is 3.42. The molecule has 39 heavy (non-hydrogen) atoms. The SMILES string of the molecule is CCc1c(S(=O)(=O)NCO[P+](=O)Oc2ccc(C#N)c(F)c2)sc2c(F)c(OCCN)c(OCCN)c(F)c12. The van der Waals surface area contributed by atoms with Crippen LogP contribution in [0.15, 0.2) is 22.4 Å². The van der Waals surface area contributed by atoms with Crippen molar-refractivity contribution < 1.29 is 44.7 Å². The van der Waals surface area contributed by atoms with Crippen molar-refractivity contribution in [1.82, 2.24) is 4.72 Å². The van der Waals surface area contributed by atoms with Gasteiger partial charge in [0.05, 0.1) is 10.3 Å². The Balaban J connectivity index is 1.87. The van der Waals surface area contributed by atoms with E-state index in [1.54, 1.807) is 13.0 Å². The van der Waals surface area contributed by atoms with Crippen LogP contribution in [0.25, 0.3) is 10.1 Å². The first kappa shape index (κ1) is 30.5. The number of nitrogens with two attached hydrogens (primary N) is 2. The molecule has 0 spiro atoms. The van der Waals surface area contributed by atoms with Gasteiger partial charge in [-0.05, 0) is 24.1 Å². The van der Waals surface area contributed by atoms with Crippen molar-refractivity contribution in [2.24, 2.45) is 11.5 Å². The zero-order valence-electron chi connectivity index (χ0n) is 20.3. The number of aryl methyl sites for hydroxylation is 1. The van der Waals surface area contributed by atoms with Crippen LogP contribution in [-0.4, -0.2) is 41.5 Å². The summed E-state index contributed by atoms with van der Waals surface area (Å²) < 4.78 is 104. The van der Waals surface area contributed by atoms with E-state index in [9.17, 15) is 17.4 Å². The van der Waals surface area contributed by atoms with E-state index in [0.717, 1.165) is 12.1 Å². The molecule has 5 N–H and O–H groups in total. The molecule has 1 heterocycles. The number of nitrogens with zero attached hydrogens (tertiary/aromatic N) is 1. The number of thiophene rings is 1. The molecule has 1 atom stereocenters. The van der Waals surface area contributed by atoms with Crippen molar-refractivity contribution in [2.45, 2.75) is 17.6 Å². The molecule has 3 rings (SSSR count). The number of hydrogen-bond donors (Lipinski definition) is 3. The second kappa shape index (κ2) is 13.4. The fourth-order valence-corrected chi connectivity index (χ4v) is 6.77. The predicted molar refractivity (Wildman–Crippen MR) is 136 cm³/mol. The van der Waals surface area contributed by atoms with Crippen LogP contribution < -0.4 is 30.2 Å². The fourth-order valence-electron chi connectivity index (χ4n) is 3.34. The van der Waals surface area contributed by atoms with E-state index in [0.29, 0.717) is 11.3 Å². The zero-order chi connectivity index (χ0) is 28.7. The molecule has 0 saturated heterocycles. The number of fused-ring (bicyclic) bond motifs is 1. The average Bonchev–Trinajstić information content (AvgIpc) is 3.30. The minimum Gasteiger partial charge on any atom is -0.486 e. The molecular formula is C22H23F3N4O7PS2+. The molecular weight excluding hydrogens is 584 g/mol. The highest BCUT2D eigenvalue weighted by atomic mass is 32.2. The van der Waals surface area contributed by atoms with Crippen LogP contribution in [0, 0.1) is 28.8 Å². The lowest BCUT2D eigenvalue weighted by atomic mass is 10.1. The van der Waals surface area contributed by atoms with Crippen molar-refractivity contribution in [2.75, 3.05) is 33.0 Å². The van der Waals surface area contributed by atoms with E-state index in [1.165, 1.54) is 6.07 Å². The molecule has 1 aromatic heterocycles. The number of sulfonamides is 1. The molecule has 0 amide bonds. The third-order valence-corrected chi connectivity index (χ3v) is 8.84. The second-order valence-corrected chi connectivity index (χ2v) is 11.3. The van der Waals surface area contributed by atoms with Gasteiger partial charge in [0.15, 0.2) is 24.1 Å². The smallest absolute Gasteiger partial charge is 0.486 e. The first-order chi connectivity index (χ1) is 18.6. The first-order valence-electron chi connectivity index (χ1n) is 11.2. The lowest BCUT2D eigenvalue weighted by molar-refractivity contribution is 0.258. The lowest BCUT2D eigenvalue weighted by Crippen LogP contribution is -2.25. The van der Waals surface area contributed by atoms with Crippen molar-refractivity contribution in [3.63, 3.8) is 0 Å². The molecule has 2 aromatic carbocycles. The van der Waals surface area contributed by atoms with Crippen molar-refractivity contribution in [3.05, 3.63) is 46.8 Å². The Labute approximate surface area is 226 Å². The van der Waals surface area contributed by atoms with Gasteiger partial charge in [-0.15, -0.1) is 11.3 Å². The van der Waals surface area contributed by atoms with E-state index in [1.807, 2.05) is 4.72 Å². The maximum atomic E-state index is 15.6. The van der Waals surface area contributed by atoms with E-state index >= 15 is 8.78 Å². The average molecular weight is 608 g/mol. The van der Waals surface area contributed by atoms with Crippen LogP contribution in [0.3, 0.4) is 0 Å². The normalized spacial score (nSPS) is 11.9. The largest absolute Gasteiger partial charge is 0.751 e. The molecule has 0 aliphatic heterocycles. The van der Waals surface area contributed by atoms with Crippen LogP contribution in [0.4, 0.5) is 13.2 Å². The Morgan fingerprint density at radius 1 is 1.10 bits per heavy atom. The van der Waals surface area contributed by atoms with Gasteiger partial charge >= 0.3 is 8.25 Å². The summed E-state index contributed by atoms with van der Waals surface area (Å²) in [4.78, 5) is 0. The molecule has 3 aromatic rings. The minimum absolute atomic E-state index is 0.00425. The highest BCUT2D eigenvalue weighted by Gasteiger charge is 2.32. The molecule has 0 fully saturated rings. The quantitative estimate of drug-likeness (QED) is 0.182. The van der Waals surface area contributed by atoms with Gasteiger partial charge in [-0.25, -0.2) is 26.1 Å². The van der Waals surface area contributed by atoms with Gasteiger partial charge < -0.3 is 20.9 Å². The fraction of sp³-hybridized carbons (Fsp3) is 0.318. The van der Waals surface area contributed by atoms with Crippen LogP contribution in [-0.2, 0) is 25.5 Å². The van der Waals surface area contributed by atoms with Crippen LogP contribution in [0.1, 0.15) is 18.1 Å². The number of nitriles is 1. The van der Waals surface area contributed by atoms with Gasteiger partial charge in [-0.3, -0.25) is 0 Å². The number of ether oxygens (including phenoxy) is 2. The van der Waals surface area contributed by atoms with Crippen molar-refractivity contribution >= 4 is 39.7 Å². The number of hydrogen-bond acceptors (Lipinski definition) is 11. The number of benzene rings is 2. The van der Waals surface area contributed by atoms with Gasteiger partial charge in [0.1, 0.15) is 29.3 Å². The third kappa shape index (κ3) is 6.76. The summed E-state index contributed by atoms with van der Waals surface area (Å²) >= 11 is 0.458. The van der Waals surface area contributed by atoms with E-state index in [4.69, 9.17) is 35.3 Å². The number of nitrogens with one attached hydrogen (secondary N) is 1. The maximum absolute atomic E-state index is 15.6. The molecule has 0 radical (unpaired) electrons. The van der Waals surface area contributed by atoms with Gasteiger partial charge in [0.25, 0.3) is 10.0 Å². The van der Waals surface area contributed by atoms with Crippen molar-refractivity contribution in [3.8, 4) is 23.3 Å².